The molecule has 0 atom stereocenters. The van der Waals surface area contributed by atoms with Gasteiger partial charge in [0.25, 0.3) is 5.91 Å². The van der Waals surface area contributed by atoms with Gasteiger partial charge in [0.2, 0.25) is 0 Å². The molecule has 0 aliphatic heterocycles. The quantitative estimate of drug-likeness (QED) is 0.670. The summed E-state index contributed by atoms with van der Waals surface area (Å²) in [6.07, 6.45) is -2.42. The number of alkyl halides is 3. The molecule has 30 heavy (non-hydrogen) atoms. The number of carbonyl (C=O) groups excluding carboxylic acids is 1. The van der Waals surface area contributed by atoms with Gasteiger partial charge in [-0.3, -0.25) is 4.79 Å². The van der Waals surface area contributed by atoms with Crippen molar-refractivity contribution in [3.05, 3.63) is 59.0 Å². The minimum atomic E-state index is -4.48. The van der Waals surface area contributed by atoms with Crippen LogP contribution in [-0.2, 0) is 6.18 Å². The van der Waals surface area contributed by atoms with E-state index in [2.05, 4.69) is 15.4 Å². The number of aromatic nitrogens is 3. The Hall–Kier alpha value is -3.56. The van der Waals surface area contributed by atoms with Crippen LogP contribution >= 0.6 is 0 Å². The molecular formula is C20H19F3N4O3. The highest BCUT2D eigenvalue weighted by Crippen LogP contribution is 2.33. The minimum Gasteiger partial charge on any atom is -0.493 e. The number of hydrogen-bond donors (Lipinski definition) is 1. The van der Waals surface area contributed by atoms with Crippen molar-refractivity contribution < 1.29 is 27.4 Å². The Balaban J connectivity index is 1.86. The van der Waals surface area contributed by atoms with Crippen LogP contribution in [0.25, 0.3) is 5.82 Å². The van der Waals surface area contributed by atoms with Crippen molar-refractivity contribution >= 4 is 11.6 Å². The van der Waals surface area contributed by atoms with Gasteiger partial charge in [0.15, 0.2) is 17.3 Å². The molecule has 0 spiro atoms. The number of methoxy groups -OCH3 is 2. The number of nitrogens with zero attached hydrogens (tertiary/aromatic N) is 3. The van der Waals surface area contributed by atoms with Crippen LogP contribution in [0, 0.1) is 13.8 Å². The van der Waals surface area contributed by atoms with Crippen molar-refractivity contribution in [2.75, 3.05) is 19.5 Å². The van der Waals surface area contributed by atoms with Crippen molar-refractivity contribution in [2.24, 2.45) is 0 Å². The second kappa shape index (κ2) is 8.05. The average molecular weight is 420 g/mol. The summed E-state index contributed by atoms with van der Waals surface area (Å²) < 4.78 is 50.0. The highest BCUT2D eigenvalue weighted by atomic mass is 19.4. The lowest BCUT2D eigenvalue weighted by Crippen LogP contribution is -2.14. The fourth-order valence-electron chi connectivity index (χ4n) is 2.85. The molecule has 0 unspecified atom stereocenters. The van der Waals surface area contributed by atoms with Gasteiger partial charge < -0.3 is 14.8 Å². The number of hydrogen-bond acceptors (Lipinski definition) is 5. The molecule has 2 aromatic heterocycles. The maximum absolute atomic E-state index is 12.8. The number of carbonyl (C=O) groups is 1. The van der Waals surface area contributed by atoms with Gasteiger partial charge in [-0.1, -0.05) is 0 Å². The first-order chi connectivity index (χ1) is 14.2. The van der Waals surface area contributed by atoms with Crippen LogP contribution in [0.5, 0.6) is 11.5 Å². The smallest absolute Gasteiger partial charge is 0.417 e. The summed E-state index contributed by atoms with van der Waals surface area (Å²) in [5.41, 5.74) is 1.11. The lowest BCUT2D eigenvalue weighted by Gasteiger charge is -2.13. The molecule has 158 valence electrons. The van der Waals surface area contributed by atoms with Gasteiger partial charge in [0, 0.05) is 18.0 Å². The first-order valence-corrected chi connectivity index (χ1v) is 8.78. The molecule has 0 saturated carbocycles. The largest absolute Gasteiger partial charge is 0.493 e. The first kappa shape index (κ1) is 21.2. The van der Waals surface area contributed by atoms with Gasteiger partial charge in [-0.2, -0.15) is 18.3 Å². The minimum absolute atomic E-state index is 0.168. The first-order valence-electron chi connectivity index (χ1n) is 8.78. The molecule has 1 amide bonds. The fraction of sp³-hybridized carbons (Fsp3) is 0.250. The van der Waals surface area contributed by atoms with Crippen LogP contribution in [0.15, 0.2) is 36.7 Å². The van der Waals surface area contributed by atoms with Crippen molar-refractivity contribution in [2.45, 2.75) is 20.0 Å². The summed E-state index contributed by atoms with van der Waals surface area (Å²) in [6.45, 7) is 3.43. The second-order valence-electron chi connectivity index (χ2n) is 6.43. The third-order valence-electron chi connectivity index (χ3n) is 4.53. The molecule has 0 radical (unpaired) electrons. The molecule has 3 aromatic rings. The molecule has 3 rings (SSSR count). The van der Waals surface area contributed by atoms with E-state index in [-0.39, 0.29) is 11.4 Å². The van der Waals surface area contributed by atoms with Crippen LogP contribution in [0.4, 0.5) is 18.9 Å². The van der Waals surface area contributed by atoms with E-state index in [4.69, 9.17) is 9.47 Å². The zero-order valence-corrected chi connectivity index (χ0v) is 16.7. The van der Waals surface area contributed by atoms with Crippen molar-refractivity contribution in [3.63, 3.8) is 0 Å². The maximum Gasteiger partial charge on any atom is 0.417 e. The Morgan fingerprint density at radius 1 is 1.07 bits per heavy atom. The number of rotatable bonds is 5. The number of halogens is 3. The molecule has 0 aliphatic rings. The molecule has 0 saturated heterocycles. The summed E-state index contributed by atoms with van der Waals surface area (Å²) in [6, 6.07) is 5.49. The van der Waals surface area contributed by atoms with E-state index in [1.165, 1.54) is 31.2 Å². The van der Waals surface area contributed by atoms with E-state index in [0.717, 1.165) is 17.8 Å². The van der Waals surface area contributed by atoms with Gasteiger partial charge in [0.05, 0.1) is 37.2 Å². The van der Waals surface area contributed by atoms with Crippen molar-refractivity contribution in [1.29, 1.82) is 0 Å². The van der Waals surface area contributed by atoms with Crippen LogP contribution in [0.3, 0.4) is 0 Å². The number of pyridine rings is 1. The number of amides is 1. The van der Waals surface area contributed by atoms with Gasteiger partial charge in [-0.25, -0.2) is 9.67 Å². The Bertz CT molecular complexity index is 1080. The molecule has 1 N–H and O–H groups in total. The average Bonchev–Trinajstić information content (AvgIpc) is 3.10. The zero-order chi connectivity index (χ0) is 22.1. The van der Waals surface area contributed by atoms with E-state index < -0.39 is 17.6 Å². The maximum atomic E-state index is 12.8. The van der Waals surface area contributed by atoms with E-state index >= 15 is 0 Å². The van der Waals surface area contributed by atoms with Gasteiger partial charge in [0.1, 0.15) is 0 Å². The fourth-order valence-corrected chi connectivity index (χ4v) is 2.85. The van der Waals surface area contributed by atoms with Crippen LogP contribution in [-0.4, -0.2) is 34.9 Å². The molecule has 2 heterocycles. The Morgan fingerprint density at radius 2 is 1.73 bits per heavy atom. The number of anilines is 1. The third-order valence-corrected chi connectivity index (χ3v) is 4.53. The zero-order valence-electron chi connectivity index (χ0n) is 16.7. The monoisotopic (exact) mass is 420 g/mol. The molecule has 10 heteroatoms. The van der Waals surface area contributed by atoms with Crippen LogP contribution in [0.2, 0.25) is 0 Å². The molecular weight excluding hydrogens is 401 g/mol. The number of nitrogens with one attached hydrogen (secondary N) is 1. The highest BCUT2D eigenvalue weighted by Gasteiger charge is 2.30. The van der Waals surface area contributed by atoms with Gasteiger partial charge >= 0.3 is 6.18 Å². The van der Waals surface area contributed by atoms with Gasteiger partial charge in [-0.05, 0) is 37.6 Å². The summed E-state index contributed by atoms with van der Waals surface area (Å²) in [5.74, 6) is 0.730. The Kier molecular flexibility index (Phi) is 5.68. The molecule has 0 bridgehead atoms. The summed E-state index contributed by atoms with van der Waals surface area (Å²) in [4.78, 5) is 16.6. The summed E-state index contributed by atoms with van der Waals surface area (Å²) in [5, 5.41) is 6.88. The van der Waals surface area contributed by atoms with Crippen molar-refractivity contribution in [3.8, 4) is 17.3 Å². The van der Waals surface area contributed by atoms with E-state index in [9.17, 15) is 18.0 Å². The van der Waals surface area contributed by atoms with Crippen LogP contribution < -0.4 is 14.8 Å². The van der Waals surface area contributed by atoms with E-state index in [1.807, 2.05) is 0 Å². The van der Waals surface area contributed by atoms with Crippen molar-refractivity contribution in [1.82, 2.24) is 14.8 Å². The summed E-state index contributed by atoms with van der Waals surface area (Å²) >= 11 is 0. The highest BCUT2D eigenvalue weighted by molar-refractivity contribution is 6.05. The third kappa shape index (κ3) is 4.07. The molecule has 1 aromatic carbocycles. The Labute approximate surface area is 170 Å². The molecule has 0 fully saturated rings. The van der Waals surface area contributed by atoms with Gasteiger partial charge in [-0.15, -0.1) is 0 Å². The molecule has 7 nitrogen and oxygen atoms in total. The second-order valence-corrected chi connectivity index (χ2v) is 6.43. The molecule has 0 aliphatic carbocycles. The standard InChI is InChI=1S/C20H19F3N4O3/c1-11-7-16(29-3)17(30-4)8-15(11)26-19(28)14-10-25-27(12(14)2)18-6-5-13(9-24-18)20(21,22)23/h5-10H,1-4H3,(H,26,28). The lowest BCUT2D eigenvalue weighted by atomic mass is 10.1. The topological polar surface area (TPSA) is 78.3 Å². The SMILES string of the molecule is COc1cc(C)c(NC(=O)c2cnn(-c3ccc(C(F)(F)F)cn3)c2C)cc1OC. The Morgan fingerprint density at radius 3 is 2.30 bits per heavy atom. The van der Waals surface area contributed by atoms with Crippen LogP contribution in [0.1, 0.15) is 27.2 Å². The number of ether oxygens (including phenoxy) is 2. The normalized spacial score (nSPS) is 11.3. The number of aryl methyl sites for hydroxylation is 1. The lowest BCUT2D eigenvalue weighted by molar-refractivity contribution is -0.137. The van der Waals surface area contributed by atoms with E-state index in [1.54, 1.807) is 26.0 Å². The summed E-state index contributed by atoms with van der Waals surface area (Å²) in [7, 11) is 3.01. The van der Waals surface area contributed by atoms with E-state index in [0.29, 0.717) is 22.9 Å². The number of benzene rings is 1. The predicted octanol–water partition coefficient (Wildman–Crippen LogP) is 4.17. The predicted molar refractivity (Wildman–Crippen MR) is 103 cm³/mol.